The molecule has 1 aliphatic heterocycles. The molecule has 2 aromatic heterocycles. The number of likely N-dealkylation sites (tertiary alicyclic amines) is 1. The van der Waals surface area contributed by atoms with Crippen LogP contribution in [-0.2, 0) is 22.8 Å². The normalized spacial score (nSPS) is 14.4. The molecular formula is C24H29N5O4S. The molecule has 1 aliphatic rings. The summed E-state index contributed by atoms with van der Waals surface area (Å²) in [4.78, 5) is 20.8. The van der Waals surface area contributed by atoms with E-state index in [1.165, 1.54) is 23.0 Å². The van der Waals surface area contributed by atoms with E-state index in [1.54, 1.807) is 13.8 Å². The number of hydrogen-bond donors (Lipinski definition) is 1. The number of sulfone groups is 1. The summed E-state index contributed by atoms with van der Waals surface area (Å²) in [5.74, 6) is 5.85. The molecule has 0 amide bonds. The largest absolute Gasteiger partial charge is 0.398 e. The zero-order valence-corrected chi connectivity index (χ0v) is 20.3. The van der Waals surface area contributed by atoms with E-state index in [9.17, 15) is 18.5 Å². The van der Waals surface area contributed by atoms with Crippen LogP contribution in [-0.4, -0.2) is 63.9 Å². The highest BCUT2D eigenvalue weighted by atomic mass is 32.2. The van der Waals surface area contributed by atoms with Crippen molar-refractivity contribution >= 4 is 26.6 Å². The second-order valence-corrected chi connectivity index (χ2v) is 11.1. The average Bonchev–Trinajstić information content (AvgIpc) is 3.54. The maximum absolute atomic E-state index is 12.0. The lowest BCUT2D eigenvalue weighted by Gasteiger charge is -2.13. The quantitative estimate of drug-likeness (QED) is 0.299. The summed E-state index contributed by atoms with van der Waals surface area (Å²) in [6.45, 7) is 6.61. The Hall–Kier alpha value is -3.16. The molecule has 0 atom stereocenters. The van der Waals surface area contributed by atoms with E-state index in [2.05, 4.69) is 26.7 Å². The Labute approximate surface area is 199 Å². The fraction of sp³-hybridized carbons (Fsp3) is 0.458. The number of nitro groups is 1. The second kappa shape index (κ2) is 9.99. The first-order chi connectivity index (χ1) is 16.3. The molecule has 0 radical (unpaired) electrons. The molecule has 1 N–H and O–H groups in total. The number of hydrogen-bond acceptors (Lipinski definition) is 6. The number of aromatic nitrogens is 3. The van der Waals surface area contributed by atoms with E-state index in [4.69, 9.17) is 0 Å². The summed E-state index contributed by atoms with van der Waals surface area (Å²) >= 11 is 0. The fourth-order valence-electron chi connectivity index (χ4n) is 4.33. The Bertz CT molecular complexity index is 1370. The van der Waals surface area contributed by atoms with E-state index >= 15 is 0 Å². The maximum atomic E-state index is 12.0. The molecule has 0 unspecified atom stereocenters. The van der Waals surface area contributed by atoms with E-state index in [0.717, 1.165) is 42.5 Å². The molecule has 0 spiro atoms. The molecule has 3 aromatic rings. The summed E-state index contributed by atoms with van der Waals surface area (Å²) in [6.07, 6.45) is 5.51. The molecule has 0 saturated carbocycles. The highest BCUT2D eigenvalue weighted by Gasteiger charge is 2.25. The second-order valence-electron chi connectivity index (χ2n) is 8.60. The van der Waals surface area contributed by atoms with Crippen LogP contribution in [0, 0.1) is 28.9 Å². The van der Waals surface area contributed by atoms with Crippen LogP contribution in [0.4, 0.5) is 5.82 Å². The van der Waals surface area contributed by atoms with Crippen LogP contribution in [0.5, 0.6) is 0 Å². The summed E-state index contributed by atoms with van der Waals surface area (Å²) in [5, 5.41) is 12.7. The van der Waals surface area contributed by atoms with Gasteiger partial charge in [-0.1, -0.05) is 12.8 Å². The number of aromatic amines is 1. The van der Waals surface area contributed by atoms with Crippen molar-refractivity contribution in [1.82, 2.24) is 19.4 Å². The SMILES string of the molecule is CCS(=O)(=O)CCn1c(C)nc([N+](=O)[O-])c1C#Cc1ccc2[nH]cc(CCN3CCCC3)c2c1. The van der Waals surface area contributed by atoms with Crippen LogP contribution in [0.2, 0.25) is 0 Å². The maximum Gasteiger partial charge on any atom is 0.398 e. The van der Waals surface area contributed by atoms with Gasteiger partial charge >= 0.3 is 5.82 Å². The zero-order chi connectivity index (χ0) is 24.3. The molecule has 1 saturated heterocycles. The van der Waals surface area contributed by atoms with Crippen molar-refractivity contribution in [3.05, 3.63) is 57.2 Å². The molecule has 180 valence electrons. The molecule has 1 fully saturated rings. The Kier molecular flexibility index (Phi) is 7.05. The molecule has 1 aromatic carbocycles. The standard InChI is InChI=1S/C24H29N5O4S/c1-3-34(32,33)15-14-28-18(2)26-24(29(30)31)23(28)9-7-19-6-8-22-21(16-19)20(17-25-22)10-13-27-11-4-5-12-27/h6,8,16-17,25H,3-5,10-15H2,1-2H3. The first-order valence-corrected chi connectivity index (χ1v) is 13.4. The number of aryl methyl sites for hydroxylation is 1. The van der Waals surface area contributed by atoms with Gasteiger partial charge in [-0.25, -0.2) is 8.42 Å². The van der Waals surface area contributed by atoms with Crippen LogP contribution >= 0.6 is 0 Å². The monoisotopic (exact) mass is 483 g/mol. The Morgan fingerprint density at radius 3 is 2.68 bits per heavy atom. The predicted molar refractivity (Wildman–Crippen MR) is 132 cm³/mol. The van der Waals surface area contributed by atoms with Crippen molar-refractivity contribution in [2.75, 3.05) is 31.1 Å². The lowest BCUT2D eigenvalue weighted by molar-refractivity contribution is -0.389. The fourth-order valence-corrected chi connectivity index (χ4v) is 5.08. The minimum absolute atomic E-state index is 0.0145. The van der Waals surface area contributed by atoms with Crippen molar-refractivity contribution in [2.45, 2.75) is 39.7 Å². The molecule has 0 bridgehead atoms. The third kappa shape index (κ3) is 5.32. The summed E-state index contributed by atoms with van der Waals surface area (Å²) in [6, 6.07) is 5.83. The summed E-state index contributed by atoms with van der Waals surface area (Å²) in [5.41, 5.74) is 3.11. The number of fused-ring (bicyclic) bond motifs is 1. The van der Waals surface area contributed by atoms with Gasteiger partial charge in [0.25, 0.3) is 0 Å². The summed E-state index contributed by atoms with van der Waals surface area (Å²) < 4.78 is 25.5. The van der Waals surface area contributed by atoms with Gasteiger partial charge in [0.2, 0.25) is 5.82 Å². The van der Waals surface area contributed by atoms with Crippen LogP contribution in [0.3, 0.4) is 0 Å². The topological polar surface area (TPSA) is 114 Å². The first-order valence-electron chi connectivity index (χ1n) is 11.5. The number of rotatable bonds is 8. The number of nitrogens with zero attached hydrogens (tertiary/aromatic N) is 4. The molecule has 10 heteroatoms. The van der Waals surface area contributed by atoms with E-state index in [-0.39, 0.29) is 29.6 Å². The zero-order valence-electron chi connectivity index (χ0n) is 19.5. The number of imidazole rings is 1. The van der Waals surface area contributed by atoms with Gasteiger partial charge in [-0.15, -0.1) is 0 Å². The Balaban J connectivity index is 1.63. The third-order valence-corrected chi connectivity index (χ3v) is 8.05. The lowest BCUT2D eigenvalue weighted by atomic mass is 10.1. The molecule has 4 rings (SSSR count). The number of H-pyrrole nitrogens is 1. The van der Waals surface area contributed by atoms with E-state index < -0.39 is 14.8 Å². The van der Waals surface area contributed by atoms with Gasteiger partial charge in [0, 0.05) is 48.4 Å². The minimum atomic E-state index is -3.24. The molecule has 34 heavy (non-hydrogen) atoms. The van der Waals surface area contributed by atoms with Gasteiger partial charge in [0.05, 0.1) is 5.75 Å². The van der Waals surface area contributed by atoms with E-state index in [0.29, 0.717) is 5.82 Å². The first kappa shape index (κ1) is 24.0. The predicted octanol–water partition coefficient (Wildman–Crippen LogP) is 3.05. The van der Waals surface area contributed by atoms with E-state index in [1.807, 2.05) is 24.4 Å². The molecule has 9 nitrogen and oxygen atoms in total. The van der Waals surface area contributed by atoms with Crippen molar-refractivity contribution in [2.24, 2.45) is 0 Å². The molecule has 3 heterocycles. The van der Waals surface area contributed by atoms with Crippen molar-refractivity contribution in [3.63, 3.8) is 0 Å². The van der Waals surface area contributed by atoms with Crippen molar-refractivity contribution in [3.8, 4) is 11.8 Å². The summed E-state index contributed by atoms with van der Waals surface area (Å²) in [7, 11) is -3.24. The Morgan fingerprint density at radius 2 is 1.97 bits per heavy atom. The minimum Gasteiger partial charge on any atom is -0.361 e. The third-order valence-electron chi connectivity index (χ3n) is 6.37. The lowest BCUT2D eigenvalue weighted by Crippen LogP contribution is -2.21. The van der Waals surface area contributed by atoms with Gasteiger partial charge in [0.15, 0.2) is 15.5 Å². The van der Waals surface area contributed by atoms with Crippen LogP contribution in [0.25, 0.3) is 10.9 Å². The highest BCUT2D eigenvalue weighted by Crippen LogP contribution is 2.22. The highest BCUT2D eigenvalue weighted by molar-refractivity contribution is 7.91. The Morgan fingerprint density at radius 1 is 1.21 bits per heavy atom. The smallest absolute Gasteiger partial charge is 0.361 e. The van der Waals surface area contributed by atoms with Gasteiger partial charge < -0.3 is 20.0 Å². The molecular weight excluding hydrogens is 454 g/mol. The average molecular weight is 484 g/mol. The van der Waals surface area contributed by atoms with Gasteiger partial charge in [-0.05, 0) is 71.9 Å². The molecule has 0 aliphatic carbocycles. The van der Waals surface area contributed by atoms with Gasteiger partial charge in [-0.2, -0.15) is 0 Å². The van der Waals surface area contributed by atoms with Crippen LogP contribution in [0.1, 0.15) is 42.4 Å². The number of nitrogens with one attached hydrogen (secondary N) is 1. The van der Waals surface area contributed by atoms with Gasteiger partial charge in [0.1, 0.15) is 0 Å². The van der Waals surface area contributed by atoms with Gasteiger partial charge in [-0.3, -0.25) is 4.57 Å². The van der Waals surface area contributed by atoms with Crippen molar-refractivity contribution in [1.29, 1.82) is 0 Å². The number of benzene rings is 1. The van der Waals surface area contributed by atoms with Crippen LogP contribution < -0.4 is 0 Å². The van der Waals surface area contributed by atoms with Crippen LogP contribution in [0.15, 0.2) is 24.4 Å². The van der Waals surface area contributed by atoms with Crippen molar-refractivity contribution < 1.29 is 13.3 Å².